The third kappa shape index (κ3) is 4.63. The molecule has 0 unspecified atom stereocenters. The fraction of sp³-hybridized carbons (Fsp3) is 0. The van der Waals surface area contributed by atoms with Gasteiger partial charge in [-0.3, -0.25) is 4.98 Å². The van der Waals surface area contributed by atoms with Gasteiger partial charge in [0.25, 0.3) is 0 Å². The minimum Gasteiger partial charge on any atom is -0.320 e. The smallest absolute Gasteiger partial charge is 0.320 e. The van der Waals surface area contributed by atoms with Gasteiger partial charge in [0.05, 0.1) is 0 Å². The molecule has 0 N–H and O–H groups in total. The number of hydrogen-bond donors (Lipinski definition) is 0. The Bertz CT molecular complexity index is 2500. The van der Waals surface area contributed by atoms with Crippen molar-refractivity contribution in [3.63, 3.8) is 0 Å². The van der Waals surface area contributed by atoms with Crippen LogP contribution < -0.4 is 4.90 Å². The van der Waals surface area contributed by atoms with Crippen LogP contribution >= 0.6 is 11.3 Å². The Balaban J connectivity index is 0.00000312. The average molecular weight is 788 g/mol. The molecule has 0 fully saturated rings. The predicted molar refractivity (Wildman–Crippen MR) is 187 cm³/mol. The van der Waals surface area contributed by atoms with Crippen LogP contribution in [0.2, 0.25) is 0 Å². The largest absolute Gasteiger partial charge is 2.00 e. The second kappa shape index (κ2) is 11.7. The van der Waals surface area contributed by atoms with Crippen LogP contribution in [0.3, 0.4) is 0 Å². The van der Waals surface area contributed by atoms with Crippen LogP contribution in [0, 0.1) is 12.1 Å². The van der Waals surface area contributed by atoms with Gasteiger partial charge in [-0.25, -0.2) is 4.98 Å². The van der Waals surface area contributed by atoms with Gasteiger partial charge < -0.3 is 9.47 Å². The second-order valence-corrected chi connectivity index (χ2v) is 11.9. The van der Waals surface area contributed by atoms with E-state index in [1.807, 2.05) is 36.5 Å². The molecular formula is C40H24N4PtS. The summed E-state index contributed by atoms with van der Waals surface area (Å²) in [6.45, 7) is 0. The summed E-state index contributed by atoms with van der Waals surface area (Å²) in [4.78, 5) is 12.2. The number of para-hydroxylation sites is 2. The molecule has 9 rings (SSSR count). The first kappa shape index (κ1) is 28.4. The Kier molecular flexibility index (Phi) is 7.21. The van der Waals surface area contributed by atoms with Crippen LogP contribution in [-0.2, 0) is 21.1 Å². The van der Waals surface area contributed by atoms with Crippen LogP contribution in [0.1, 0.15) is 0 Å². The van der Waals surface area contributed by atoms with Gasteiger partial charge in [-0.05, 0) is 63.6 Å². The van der Waals surface area contributed by atoms with Gasteiger partial charge in [0.2, 0.25) is 0 Å². The van der Waals surface area contributed by atoms with Gasteiger partial charge >= 0.3 is 21.1 Å². The van der Waals surface area contributed by atoms with Crippen molar-refractivity contribution in [3.8, 4) is 17.1 Å². The molecule has 46 heavy (non-hydrogen) atoms. The van der Waals surface area contributed by atoms with E-state index in [1.54, 1.807) is 11.3 Å². The van der Waals surface area contributed by atoms with Crippen molar-refractivity contribution in [1.82, 2.24) is 14.5 Å². The summed E-state index contributed by atoms with van der Waals surface area (Å²) in [7, 11) is 0. The van der Waals surface area contributed by atoms with Crippen molar-refractivity contribution < 1.29 is 21.1 Å². The molecule has 5 aromatic carbocycles. The van der Waals surface area contributed by atoms with Gasteiger partial charge in [-0.15, -0.1) is 41.3 Å². The molecule has 0 saturated carbocycles. The van der Waals surface area contributed by atoms with E-state index in [9.17, 15) is 0 Å². The maximum atomic E-state index is 5.28. The van der Waals surface area contributed by atoms with E-state index in [1.165, 1.54) is 25.6 Å². The molecule has 4 aromatic heterocycles. The molecule has 0 aliphatic carbocycles. The van der Waals surface area contributed by atoms with Crippen molar-refractivity contribution in [2.45, 2.75) is 0 Å². The number of benzene rings is 5. The molecule has 0 spiro atoms. The van der Waals surface area contributed by atoms with E-state index >= 15 is 0 Å². The maximum Gasteiger partial charge on any atom is 2.00 e. The molecule has 0 amide bonds. The Morgan fingerprint density at radius 1 is 0.652 bits per heavy atom. The molecule has 0 aliphatic heterocycles. The third-order valence-electron chi connectivity index (χ3n) is 8.26. The number of rotatable bonds is 5. The van der Waals surface area contributed by atoms with E-state index in [-0.39, 0.29) is 21.1 Å². The predicted octanol–water partition coefficient (Wildman–Crippen LogP) is 10.7. The first-order chi connectivity index (χ1) is 22.3. The summed E-state index contributed by atoms with van der Waals surface area (Å²) in [5, 5.41) is 4.79. The van der Waals surface area contributed by atoms with Crippen LogP contribution in [0.15, 0.2) is 146 Å². The zero-order chi connectivity index (χ0) is 29.7. The second-order valence-electron chi connectivity index (χ2n) is 10.9. The van der Waals surface area contributed by atoms with Gasteiger partial charge in [-0.1, -0.05) is 89.4 Å². The molecule has 0 atom stereocenters. The van der Waals surface area contributed by atoms with Crippen molar-refractivity contribution in [1.29, 1.82) is 0 Å². The van der Waals surface area contributed by atoms with Gasteiger partial charge in [0.1, 0.15) is 11.6 Å². The maximum absolute atomic E-state index is 5.28. The first-order valence-electron chi connectivity index (χ1n) is 14.8. The third-order valence-corrected chi connectivity index (χ3v) is 9.46. The quantitative estimate of drug-likeness (QED) is 0.163. The molecule has 4 nitrogen and oxygen atoms in total. The van der Waals surface area contributed by atoms with Crippen molar-refractivity contribution in [2.75, 3.05) is 4.90 Å². The Morgan fingerprint density at radius 2 is 1.46 bits per heavy atom. The molecule has 0 radical (unpaired) electrons. The summed E-state index contributed by atoms with van der Waals surface area (Å²) >= 11 is 1.79. The van der Waals surface area contributed by atoms with E-state index in [0.717, 1.165) is 50.7 Å². The Labute approximate surface area is 284 Å². The molecule has 0 bridgehead atoms. The molecular weight excluding hydrogens is 764 g/mol. The van der Waals surface area contributed by atoms with E-state index in [0.29, 0.717) is 0 Å². The number of nitrogens with zero attached hydrogens (tertiary/aromatic N) is 4. The zero-order valence-corrected chi connectivity index (χ0v) is 27.5. The van der Waals surface area contributed by atoms with Crippen LogP contribution in [0.25, 0.3) is 59.1 Å². The van der Waals surface area contributed by atoms with Crippen molar-refractivity contribution in [3.05, 3.63) is 158 Å². The van der Waals surface area contributed by atoms with Crippen LogP contribution in [-0.4, -0.2) is 14.5 Å². The summed E-state index contributed by atoms with van der Waals surface area (Å²) < 4.78 is 4.65. The summed E-state index contributed by atoms with van der Waals surface area (Å²) in [5.74, 6) is 1.66. The van der Waals surface area contributed by atoms with E-state index in [2.05, 4.69) is 131 Å². The van der Waals surface area contributed by atoms with E-state index < -0.39 is 0 Å². The molecule has 6 heteroatoms. The minimum atomic E-state index is 0. The van der Waals surface area contributed by atoms with Crippen LogP contribution in [0.5, 0.6) is 0 Å². The Morgan fingerprint density at radius 3 is 2.33 bits per heavy atom. The average Bonchev–Trinajstić information content (AvgIpc) is 3.65. The first-order valence-corrected chi connectivity index (χ1v) is 15.7. The Hall–Kier alpha value is -5.09. The van der Waals surface area contributed by atoms with Gasteiger partial charge in [0.15, 0.2) is 0 Å². The standard InChI is InChI=1S/C40H24N4S.Pt/c1-2-12-27(13-3-1)43(28-23-24-30-29-14-4-6-19-35(29)44(36(30)26-28)38-21-8-9-25-41-38)39-22-11-18-34(42-39)33-17-10-16-32-31-15-5-7-20-37(31)45-40(32)33;/h1-16,18-25H;/q-2;+2. The summed E-state index contributed by atoms with van der Waals surface area (Å²) in [5.41, 5.74) is 5.85. The van der Waals surface area contributed by atoms with E-state index in [4.69, 9.17) is 9.97 Å². The number of thiophene rings is 1. The molecule has 4 heterocycles. The zero-order valence-electron chi connectivity index (χ0n) is 24.4. The summed E-state index contributed by atoms with van der Waals surface area (Å²) in [6, 6.07) is 55.4. The number of fused-ring (bicyclic) bond motifs is 6. The normalized spacial score (nSPS) is 11.3. The number of pyridine rings is 2. The number of aromatic nitrogens is 3. The van der Waals surface area contributed by atoms with Crippen molar-refractivity contribution in [2.24, 2.45) is 0 Å². The van der Waals surface area contributed by atoms with Gasteiger partial charge in [0, 0.05) is 22.1 Å². The fourth-order valence-corrected chi connectivity index (χ4v) is 7.48. The number of anilines is 3. The molecule has 0 aliphatic rings. The topological polar surface area (TPSA) is 34.0 Å². The number of hydrogen-bond acceptors (Lipinski definition) is 4. The van der Waals surface area contributed by atoms with Crippen LogP contribution in [0.4, 0.5) is 17.2 Å². The monoisotopic (exact) mass is 787 g/mol. The van der Waals surface area contributed by atoms with Crippen molar-refractivity contribution >= 4 is 70.5 Å². The fourth-order valence-electron chi connectivity index (χ4n) is 6.28. The summed E-state index contributed by atoms with van der Waals surface area (Å²) in [6.07, 6.45) is 1.83. The molecule has 0 saturated heterocycles. The molecule has 220 valence electrons. The SMILES string of the molecule is [Pt+2].[c-]1ccc2c(sc3ccccc32)c1-c1cccc(N(c2[c-]c3c(cc2)c2ccccc2n3-c2ccccn2)c2ccccc2)n1. The van der Waals surface area contributed by atoms with Gasteiger partial charge in [-0.2, -0.15) is 17.4 Å². The molecule has 9 aromatic rings. The minimum absolute atomic E-state index is 0.